The van der Waals surface area contributed by atoms with Gasteiger partial charge in [0.05, 0.1) is 17.3 Å². The third-order valence-corrected chi connectivity index (χ3v) is 5.78. The maximum atomic E-state index is 11.7. The van der Waals surface area contributed by atoms with E-state index in [2.05, 4.69) is 12.2 Å². The number of ketones is 2. The van der Waals surface area contributed by atoms with Crippen LogP contribution in [0.3, 0.4) is 0 Å². The summed E-state index contributed by atoms with van der Waals surface area (Å²) in [6.45, 7) is 3.03. The largest absolute Gasteiger partial charge is 0.362 e. The fourth-order valence-electron chi connectivity index (χ4n) is 3.43. The van der Waals surface area contributed by atoms with E-state index in [0.717, 1.165) is 12.2 Å². The second kappa shape index (κ2) is 3.69. The Bertz CT molecular complexity index is 403. The number of carbonyl (C=O) groups is 2. The quantitative estimate of drug-likeness (QED) is 0.565. The first kappa shape index (κ1) is 11.5. The van der Waals surface area contributed by atoms with E-state index in [1.165, 1.54) is 13.8 Å². The van der Waals surface area contributed by atoms with Crippen LogP contribution in [0.15, 0.2) is 12.2 Å². The average molecular weight is 252 g/mol. The third kappa shape index (κ3) is 1.47. The van der Waals surface area contributed by atoms with E-state index in [1.807, 2.05) is 0 Å². The summed E-state index contributed by atoms with van der Waals surface area (Å²) >= 11 is 1.73. The smallest absolute Gasteiger partial charge is 0.141 e. The summed E-state index contributed by atoms with van der Waals surface area (Å²) in [7, 11) is 0. The predicted octanol–water partition coefficient (Wildman–Crippen LogP) is 1.61. The minimum atomic E-state index is -0.508. The lowest BCUT2D eigenvalue weighted by molar-refractivity contribution is -0.132. The number of thioether (sulfide) groups is 1. The van der Waals surface area contributed by atoms with Crippen LogP contribution in [0.25, 0.3) is 0 Å². The molecule has 0 aromatic heterocycles. The molecule has 92 valence electrons. The number of Topliss-reactive ketones (excluding diaryl/α,β-unsaturated/α-hetero) is 2. The molecular weight excluding hydrogens is 236 g/mol. The van der Waals surface area contributed by atoms with E-state index >= 15 is 0 Å². The van der Waals surface area contributed by atoms with Crippen LogP contribution < -0.4 is 0 Å². The zero-order valence-electron chi connectivity index (χ0n) is 10.0. The Kier molecular flexibility index (Phi) is 2.49. The molecular formula is C13H16O3S. The highest BCUT2D eigenvalue weighted by atomic mass is 32.2. The van der Waals surface area contributed by atoms with Crippen molar-refractivity contribution < 1.29 is 14.3 Å². The molecule has 2 fully saturated rings. The molecule has 0 N–H and O–H groups in total. The molecule has 17 heavy (non-hydrogen) atoms. The van der Waals surface area contributed by atoms with E-state index in [4.69, 9.17) is 4.74 Å². The normalized spacial score (nSPS) is 42.2. The summed E-state index contributed by atoms with van der Waals surface area (Å²) in [4.78, 5) is 23.4. The van der Waals surface area contributed by atoms with Gasteiger partial charge in [0.15, 0.2) is 0 Å². The SMILES string of the molecule is CC(=O)C(C(C)=O)[C@@H]1SC[C@@H]2C[C@H]3C=C[C@]21O3. The molecule has 3 rings (SSSR count). The fourth-order valence-corrected chi connectivity index (χ4v) is 5.43. The van der Waals surface area contributed by atoms with Crippen molar-refractivity contribution >= 4 is 23.3 Å². The Morgan fingerprint density at radius 3 is 2.71 bits per heavy atom. The van der Waals surface area contributed by atoms with Crippen molar-refractivity contribution in [2.75, 3.05) is 5.75 Å². The molecule has 4 heteroatoms. The first-order valence-electron chi connectivity index (χ1n) is 6.04. The Labute approximate surface area is 105 Å². The summed E-state index contributed by atoms with van der Waals surface area (Å²) in [5.41, 5.74) is -0.336. The number of ether oxygens (including phenoxy) is 1. The zero-order chi connectivity index (χ0) is 12.2. The van der Waals surface area contributed by atoms with Crippen LogP contribution in [0.1, 0.15) is 20.3 Å². The maximum absolute atomic E-state index is 11.7. The Balaban J connectivity index is 1.96. The van der Waals surface area contributed by atoms with Gasteiger partial charge < -0.3 is 4.74 Å². The Morgan fingerprint density at radius 2 is 2.12 bits per heavy atom. The number of rotatable bonds is 3. The van der Waals surface area contributed by atoms with Gasteiger partial charge >= 0.3 is 0 Å². The number of fused-ring (bicyclic) bond motifs is 1. The summed E-state index contributed by atoms with van der Waals surface area (Å²) in [6.07, 6.45) is 5.45. The van der Waals surface area contributed by atoms with E-state index in [9.17, 15) is 9.59 Å². The van der Waals surface area contributed by atoms with Crippen molar-refractivity contribution in [3.05, 3.63) is 12.2 Å². The first-order valence-corrected chi connectivity index (χ1v) is 7.09. The summed E-state index contributed by atoms with van der Waals surface area (Å²) in [5, 5.41) is -0.0220. The van der Waals surface area contributed by atoms with Crippen molar-refractivity contribution in [2.45, 2.75) is 37.2 Å². The van der Waals surface area contributed by atoms with Crippen LogP contribution in [-0.4, -0.2) is 34.3 Å². The van der Waals surface area contributed by atoms with Crippen LogP contribution in [-0.2, 0) is 14.3 Å². The lowest BCUT2D eigenvalue weighted by Crippen LogP contribution is -2.46. The summed E-state index contributed by atoms with van der Waals surface area (Å²) in [5.74, 6) is 0.915. The summed E-state index contributed by atoms with van der Waals surface area (Å²) in [6, 6.07) is 0. The van der Waals surface area contributed by atoms with Crippen LogP contribution in [0.5, 0.6) is 0 Å². The van der Waals surface area contributed by atoms with Crippen molar-refractivity contribution in [1.29, 1.82) is 0 Å². The fraction of sp³-hybridized carbons (Fsp3) is 0.692. The molecule has 2 bridgehead atoms. The van der Waals surface area contributed by atoms with Gasteiger partial charge in [-0.25, -0.2) is 0 Å². The molecule has 3 aliphatic rings. The topological polar surface area (TPSA) is 43.4 Å². The van der Waals surface area contributed by atoms with Crippen LogP contribution in [0.4, 0.5) is 0 Å². The molecule has 0 unspecified atom stereocenters. The maximum Gasteiger partial charge on any atom is 0.141 e. The number of hydrogen-bond donors (Lipinski definition) is 0. The summed E-state index contributed by atoms with van der Waals surface area (Å²) < 4.78 is 6.04. The molecule has 2 saturated heterocycles. The molecule has 3 aliphatic heterocycles. The lowest BCUT2D eigenvalue weighted by atomic mass is 9.76. The average Bonchev–Trinajstić information content (AvgIpc) is 2.87. The van der Waals surface area contributed by atoms with Gasteiger partial charge in [0.2, 0.25) is 0 Å². The van der Waals surface area contributed by atoms with E-state index in [-0.39, 0.29) is 28.5 Å². The Hall–Kier alpha value is -0.610. The minimum absolute atomic E-state index is 0.0220. The molecule has 0 aromatic carbocycles. The number of hydrogen-bond acceptors (Lipinski definition) is 4. The van der Waals surface area contributed by atoms with Crippen LogP contribution >= 0.6 is 11.8 Å². The van der Waals surface area contributed by atoms with E-state index in [0.29, 0.717) is 5.92 Å². The Morgan fingerprint density at radius 1 is 1.41 bits per heavy atom. The monoisotopic (exact) mass is 252 g/mol. The van der Waals surface area contributed by atoms with Crippen molar-refractivity contribution in [3.63, 3.8) is 0 Å². The molecule has 0 amide bonds. The van der Waals surface area contributed by atoms with Crippen LogP contribution in [0, 0.1) is 11.8 Å². The van der Waals surface area contributed by atoms with Crippen molar-refractivity contribution in [3.8, 4) is 0 Å². The van der Waals surface area contributed by atoms with Crippen LogP contribution in [0.2, 0.25) is 0 Å². The molecule has 3 nitrogen and oxygen atoms in total. The minimum Gasteiger partial charge on any atom is -0.362 e. The molecule has 0 aromatic rings. The molecule has 0 saturated carbocycles. The lowest BCUT2D eigenvalue weighted by Gasteiger charge is -2.32. The van der Waals surface area contributed by atoms with Gasteiger partial charge in [-0.2, -0.15) is 11.8 Å². The van der Waals surface area contributed by atoms with Gasteiger partial charge in [0.1, 0.15) is 17.2 Å². The first-order chi connectivity index (χ1) is 8.04. The second-order valence-electron chi connectivity index (χ2n) is 5.25. The van der Waals surface area contributed by atoms with E-state index < -0.39 is 5.92 Å². The molecule has 1 spiro atoms. The molecule has 0 radical (unpaired) electrons. The standard InChI is InChI=1S/C13H16O3S/c1-7(14)11(8(2)15)12-13-4-3-10(16-13)5-9(13)6-17-12/h3-4,9-12H,5-6H2,1-2H3/t9-,10+,12-,13-/m0/s1. The highest BCUT2D eigenvalue weighted by Gasteiger charge is 2.61. The van der Waals surface area contributed by atoms with Gasteiger partial charge in [-0.05, 0) is 26.0 Å². The number of carbonyl (C=O) groups excluding carboxylic acids is 2. The third-order valence-electron chi connectivity index (χ3n) is 4.18. The van der Waals surface area contributed by atoms with Gasteiger partial charge in [-0.1, -0.05) is 12.2 Å². The molecule has 0 aliphatic carbocycles. The van der Waals surface area contributed by atoms with E-state index in [1.54, 1.807) is 11.8 Å². The van der Waals surface area contributed by atoms with Crippen molar-refractivity contribution in [1.82, 2.24) is 0 Å². The predicted molar refractivity (Wildman–Crippen MR) is 65.9 cm³/mol. The van der Waals surface area contributed by atoms with Gasteiger partial charge in [0, 0.05) is 5.92 Å². The van der Waals surface area contributed by atoms with Crippen molar-refractivity contribution in [2.24, 2.45) is 11.8 Å². The molecule has 3 heterocycles. The molecule has 4 atom stereocenters. The zero-order valence-corrected chi connectivity index (χ0v) is 10.8. The highest BCUT2D eigenvalue weighted by Crippen LogP contribution is 2.57. The highest BCUT2D eigenvalue weighted by molar-refractivity contribution is 8.00. The van der Waals surface area contributed by atoms with Gasteiger partial charge in [0.25, 0.3) is 0 Å². The van der Waals surface area contributed by atoms with Gasteiger partial charge in [-0.3, -0.25) is 9.59 Å². The van der Waals surface area contributed by atoms with Gasteiger partial charge in [-0.15, -0.1) is 0 Å². The second-order valence-corrected chi connectivity index (χ2v) is 6.43.